The molecule has 0 saturated carbocycles. The maximum Gasteiger partial charge on any atom is 0.261 e. The van der Waals surface area contributed by atoms with Gasteiger partial charge in [-0.2, -0.15) is 0 Å². The predicted octanol–water partition coefficient (Wildman–Crippen LogP) is 2.91. The number of aliphatic hydroxyl groups excluding tert-OH is 1. The number of aryl methyl sites for hydroxylation is 1. The Morgan fingerprint density at radius 3 is 2.67 bits per heavy atom. The van der Waals surface area contributed by atoms with Gasteiger partial charge in [0.25, 0.3) is 5.56 Å². The van der Waals surface area contributed by atoms with E-state index in [1.165, 1.54) is 4.57 Å². The minimum Gasteiger partial charge on any atom is -0.491 e. The highest BCUT2D eigenvalue weighted by molar-refractivity contribution is 9.10. The van der Waals surface area contributed by atoms with E-state index < -0.39 is 6.10 Å². The molecule has 6 heteroatoms. The average molecular weight is 389 g/mol. The molecule has 3 aromatic rings. The standard InChI is InChI=1S/C18H17BrN2O3/c1-12-20-17-5-3-2-4-16(17)18(23)21(12)10-14(22)11-24-15-8-6-13(19)7-9-15/h2-9,14,22H,10-11H2,1H3. The molecule has 24 heavy (non-hydrogen) atoms. The minimum absolute atomic E-state index is 0.0976. The van der Waals surface area contributed by atoms with Gasteiger partial charge < -0.3 is 9.84 Å². The number of hydrogen-bond acceptors (Lipinski definition) is 4. The number of ether oxygens (including phenoxy) is 1. The summed E-state index contributed by atoms with van der Waals surface area (Å²) in [6.07, 6.45) is -0.812. The summed E-state index contributed by atoms with van der Waals surface area (Å²) in [5.74, 6) is 1.24. The summed E-state index contributed by atoms with van der Waals surface area (Å²) in [6.45, 7) is 2.00. The van der Waals surface area contributed by atoms with Crippen LogP contribution in [0.3, 0.4) is 0 Å². The second-order valence-corrected chi connectivity index (χ2v) is 6.43. The Labute approximate surface area is 147 Å². The summed E-state index contributed by atoms with van der Waals surface area (Å²) >= 11 is 3.36. The molecule has 1 aromatic heterocycles. The molecule has 0 aliphatic carbocycles. The van der Waals surface area contributed by atoms with Gasteiger partial charge in [-0.25, -0.2) is 4.98 Å². The summed E-state index contributed by atoms with van der Waals surface area (Å²) in [4.78, 5) is 17.0. The normalized spacial score (nSPS) is 12.3. The van der Waals surface area contributed by atoms with E-state index in [9.17, 15) is 9.90 Å². The summed E-state index contributed by atoms with van der Waals surface area (Å²) in [6, 6.07) is 14.6. The Kier molecular flexibility index (Phi) is 4.97. The van der Waals surface area contributed by atoms with E-state index >= 15 is 0 Å². The van der Waals surface area contributed by atoms with Crippen molar-refractivity contribution >= 4 is 26.8 Å². The van der Waals surface area contributed by atoms with E-state index in [0.29, 0.717) is 22.5 Å². The van der Waals surface area contributed by atoms with Crippen LogP contribution in [0, 0.1) is 6.92 Å². The van der Waals surface area contributed by atoms with Crippen LogP contribution in [0.4, 0.5) is 0 Å². The predicted molar refractivity (Wildman–Crippen MR) is 96.4 cm³/mol. The van der Waals surface area contributed by atoms with Crippen LogP contribution in [0.5, 0.6) is 5.75 Å². The van der Waals surface area contributed by atoms with E-state index in [1.807, 2.05) is 30.3 Å². The molecule has 0 fully saturated rings. The fraction of sp³-hybridized carbons (Fsp3) is 0.222. The first-order chi connectivity index (χ1) is 11.5. The Morgan fingerprint density at radius 2 is 1.92 bits per heavy atom. The first-order valence-corrected chi connectivity index (χ1v) is 8.36. The fourth-order valence-corrected chi connectivity index (χ4v) is 2.75. The molecule has 0 spiro atoms. The molecule has 1 unspecified atom stereocenters. The van der Waals surface area contributed by atoms with Gasteiger partial charge in [0.05, 0.1) is 17.4 Å². The van der Waals surface area contributed by atoms with Crippen molar-refractivity contribution < 1.29 is 9.84 Å². The zero-order chi connectivity index (χ0) is 17.1. The van der Waals surface area contributed by atoms with Crippen molar-refractivity contribution in [2.75, 3.05) is 6.61 Å². The molecule has 124 valence electrons. The monoisotopic (exact) mass is 388 g/mol. The van der Waals surface area contributed by atoms with Crippen LogP contribution in [0.1, 0.15) is 5.82 Å². The molecular weight excluding hydrogens is 372 g/mol. The van der Waals surface area contributed by atoms with Gasteiger partial charge in [0.2, 0.25) is 0 Å². The van der Waals surface area contributed by atoms with Crippen molar-refractivity contribution in [3.8, 4) is 5.75 Å². The molecule has 1 heterocycles. The molecule has 5 nitrogen and oxygen atoms in total. The number of aromatic nitrogens is 2. The lowest BCUT2D eigenvalue weighted by atomic mass is 10.2. The van der Waals surface area contributed by atoms with E-state index in [0.717, 1.165) is 4.47 Å². The molecule has 0 aliphatic heterocycles. The van der Waals surface area contributed by atoms with Crippen LogP contribution >= 0.6 is 15.9 Å². The van der Waals surface area contributed by atoms with Crippen LogP contribution < -0.4 is 10.3 Å². The molecule has 0 saturated heterocycles. The van der Waals surface area contributed by atoms with E-state index in [2.05, 4.69) is 20.9 Å². The molecule has 3 rings (SSSR count). The third kappa shape index (κ3) is 3.66. The van der Waals surface area contributed by atoms with Gasteiger partial charge in [0, 0.05) is 4.47 Å². The van der Waals surface area contributed by atoms with Gasteiger partial charge in [-0.05, 0) is 43.3 Å². The number of benzene rings is 2. The molecule has 0 bridgehead atoms. The van der Waals surface area contributed by atoms with Crippen LogP contribution in [-0.4, -0.2) is 27.4 Å². The maximum absolute atomic E-state index is 12.6. The summed E-state index contributed by atoms with van der Waals surface area (Å²) in [7, 11) is 0. The van der Waals surface area contributed by atoms with Crippen molar-refractivity contribution in [3.63, 3.8) is 0 Å². The Bertz CT molecular complexity index is 906. The zero-order valence-corrected chi connectivity index (χ0v) is 14.7. The third-order valence-electron chi connectivity index (χ3n) is 3.70. The van der Waals surface area contributed by atoms with E-state index in [1.54, 1.807) is 25.1 Å². The quantitative estimate of drug-likeness (QED) is 0.729. The first-order valence-electron chi connectivity index (χ1n) is 7.57. The number of fused-ring (bicyclic) bond motifs is 1. The summed E-state index contributed by atoms with van der Waals surface area (Å²) in [5, 5.41) is 10.8. The molecular formula is C18H17BrN2O3. The first kappa shape index (κ1) is 16.7. The lowest BCUT2D eigenvalue weighted by Gasteiger charge is -2.16. The Morgan fingerprint density at radius 1 is 1.21 bits per heavy atom. The smallest absolute Gasteiger partial charge is 0.261 e. The number of aliphatic hydroxyl groups is 1. The number of rotatable bonds is 5. The maximum atomic E-state index is 12.6. The van der Waals surface area contributed by atoms with Crippen LogP contribution in [0.15, 0.2) is 57.8 Å². The van der Waals surface area contributed by atoms with Crippen molar-refractivity contribution in [2.45, 2.75) is 19.6 Å². The van der Waals surface area contributed by atoms with Crippen LogP contribution in [-0.2, 0) is 6.54 Å². The third-order valence-corrected chi connectivity index (χ3v) is 4.23. The number of nitrogens with zero attached hydrogens (tertiary/aromatic N) is 2. The van der Waals surface area contributed by atoms with Crippen molar-refractivity contribution in [3.05, 3.63) is 69.2 Å². The molecule has 1 N–H and O–H groups in total. The van der Waals surface area contributed by atoms with Gasteiger partial charge in [-0.15, -0.1) is 0 Å². The van der Waals surface area contributed by atoms with Crippen LogP contribution in [0.25, 0.3) is 10.9 Å². The summed E-state index contributed by atoms with van der Waals surface area (Å²) < 4.78 is 8.00. The highest BCUT2D eigenvalue weighted by Gasteiger charge is 2.12. The number of halogens is 1. The highest BCUT2D eigenvalue weighted by Crippen LogP contribution is 2.16. The number of hydrogen-bond donors (Lipinski definition) is 1. The van der Waals surface area contributed by atoms with Gasteiger partial charge in [-0.1, -0.05) is 28.1 Å². The fourth-order valence-electron chi connectivity index (χ4n) is 2.48. The average Bonchev–Trinajstić information content (AvgIpc) is 2.58. The van der Waals surface area contributed by atoms with Gasteiger partial charge in [0.15, 0.2) is 0 Å². The number of para-hydroxylation sites is 1. The van der Waals surface area contributed by atoms with Crippen molar-refractivity contribution in [2.24, 2.45) is 0 Å². The zero-order valence-electron chi connectivity index (χ0n) is 13.1. The lowest BCUT2D eigenvalue weighted by molar-refractivity contribution is 0.0909. The molecule has 1 atom stereocenters. The van der Waals surface area contributed by atoms with E-state index in [4.69, 9.17) is 4.74 Å². The van der Waals surface area contributed by atoms with Gasteiger partial charge in [0.1, 0.15) is 24.3 Å². The molecule has 0 radical (unpaired) electrons. The SMILES string of the molecule is Cc1nc2ccccc2c(=O)n1CC(O)COc1ccc(Br)cc1. The second kappa shape index (κ2) is 7.15. The largest absolute Gasteiger partial charge is 0.491 e. The van der Waals surface area contributed by atoms with Crippen molar-refractivity contribution in [1.29, 1.82) is 0 Å². The highest BCUT2D eigenvalue weighted by atomic mass is 79.9. The molecule has 2 aromatic carbocycles. The minimum atomic E-state index is -0.812. The topological polar surface area (TPSA) is 64.4 Å². The second-order valence-electron chi connectivity index (χ2n) is 5.51. The Balaban J connectivity index is 1.74. The van der Waals surface area contributed by atoms with Crippen molar-refractivity contribution in [1.82, 2.24) is 9.55 Å². The van der Waals surface area contributed by atoms with Crippen LogP contribution in [0.2, 0.25) is 0 Å². The molecule has 0 aliphatic rings. The van der Waals surface area contributed by atoms with Gasteiger partial charge >= 0.3 is 0 Å². The van der Waals surface area contributed by atoms with Gasteiger partial charge in [-0.3, -0.25) is 9.36 Å². The molecule has 0 amide bonds. The van der Waals surface area contributed by atoms with E-state index in [-0.39, 0.29) is 18.7 Å². The Hall–Kier alpha value is -2.18. The lowest BCUT2D eigenvalue weighted by Crippen LogP contribution is -2.32. The summed E-state index contributed by atoms with van der Waals surface area (Å²) in [5.41, 5.74) is 0.512.